The Morgan fingerprint density at radius 3 is 2.38 bits per heavy atom. The fourth-order valence-electron chi connectivity index (χ4n) is 3.06. The van der Waals surface area contributed by atoms with Crippen LogP contribution in [-0.2, 0) is 0 Å². The number of halogens is 1. The van der Waals surface area contributed by atoms with Crippen LogP contribution in [0.5, 0.6) is 0 Å². The van der Waals surface area contributed by atoms with Crippen LogP contribution in [0.25, 0.3) is 10.1 Å². The zero-order valence-electron chi connectivity index (χ0n) is 13.1. The van der Waals surface area contributed by atoms with Crippen molar-refractivity contribution in [3.63, 3.8) is 0 Å². The molecule has 1 amide bonds. The molecule has 3 nitrogen and oxygen atoms in total. The summed E-state index contributed by atoms with van der Waals surface area (Å²) in [4.78, 5) is 17.6. The standard InChI is InChI=1S/C19H17FN2OS/c20-15-5-7-16(8-6-15)21-9-11-22(12-10-21)19(23)18-13-14-3-1-2-4-17(14)24-18/h1-8,13H,9-12H2. The highest BCUT2D eigenvalue weighted by Gasteiger charge is 2.23. The molecule has 4 rings (SSSR count). The van der Waals surface area contributed by atoms with Crippen molar-refractivity contribution in [2.75, 3.05) is 31.1 Å². The Bertz CT molecular complexity index is 833. The number of piperazine rings is 1. The van der Waals surface area contributed by atoms with Crippen LogP contribution in [0, 0.1) is 5.82 Å². The molecule has 0 radical (unpaired) electrons. The van der Waals surface area contributed by atoms with Gasteiger partial charge in [-0.25, -0.2) is 4.39 Å². The lowest BCUT2D eigenvalue weighted by Gasteiger charge is -2.36. The number of hydrogen-bond acceptors (Lipinski definition) is 3. The molecule has 24 heavy (non-hydrogen) atoms. The Kier molecular flexibility index (Phi) is 3.94. The van der Waals surface area contributed by atoms with Crippen LogP contribution < -0.4 is 4.90 Å². The topological polar surface area (TPSA) is 23.6 Å². The van der Waals surface area contributed by atoms with Crippen LogP contribution in [0.3, 0.4) is 0 Å². The molecule has 2 aromatic carbocycles. The number of rotatable bonds is 2. The van der Waals surface area contributed by atoms with Gasteiger partial charge in [0.2, 0.25) is 0 Å². The third kappa shape index (κ3) is 2.87. The molecule has 1 aromatic heterocycles. The van der Waals surface area contributed by atoms with Gasteiger partial charge in [0.1, 0.15) is 5.82 Å². The van der Waals surface area contributed by atoms with Crippen molar-refractivity contribution in [2.45, 2.75) is 0 Å². The molecule has 1 aliphatic rings. The Labute approximate surface area is 143 Å². The first kappa shape index (κ1) is 15.1. The number of carbonyl (C=O) groups is 1. The maximum Gasteiger partial charge on any atom is 0.264 e. The maximum atomic E-state index is 13.0. The third-order valence-corrected chi connectivity index (χ3v) is 5.50. The number of thiophene rings is 1. The summed E-state index contributed by atoms with van der Waals surface area (Å²) in [5, 5.41) is 1.12. The molecule has 0 spiro atoms. The van der Waals surface area contributed by atoms with Crippen LogP contribution in [0.15, 0.2) is 54.6 Å². The van der Waals surface area contributed by atoms with Crippen LogP contribution in [0.1, 0.15) is 9.67 Å². The second-order valence-electron chi connectivity index (χ2n) is 5.90. The molecule has 1 saturated heterocycles. The molecule has 1 fully saturated rings. The minimum atomic E-state index is -0.225. The molecular formula is C19H17FN2OS. The predicted octanol–water partition coefficient (Wildman–Crippen LogP) is 4.00. The summed E-state index contributed by atoms with van der Waals surface area (Å²) in [5.74, 6) is -0.118. The molecular weight excluding hydrogens is 323 g/mol. The first-order chi connectivity index (χ1) is 11.7. The summed E-state index contributed by atoms with van der Waals surface area (Å²) in [6, 6.07) is 16.6. The van der Waals surface area contributed by atoms with Gasteiger partial charge in [-0.1, -0.05) is 18.2 Å². The normalized spacial score (nSPS) is 15.0. The molecule has 122 valence electrons. The van der Waals surface area contributed by atoms with Crippen molar-refractivity contribution < 1.29 is 9.18 Å². The van der Waals surface area contributed by atoms with Gasteiger partial charge >= 0.3 is 0 Å². The van der Waals surface area contributed by atoms with E-state index < -0.39 is 0 Å². The number of nitrogens with zero attached hydrogens (tertiary/aromatic N) is 2. The van der Waals surface area contributed by atoms with E-state index in [9.17, 15) is 9.18 Å². The number of hydrogen-bond donors (Lipinski definition) is 0. The van der Waals surface area contributed by atoms with E-state index >= 15 is 0 Å². The van der Waals surface area contributed by atoms with Crippen molar-refractivity contribution in [1.29, 1.82) is 0 Å². The fraction of sp³-hybridized carbons (Fsp3) is 0.211. The Balaban J connectivity index is 1.45. The van der Waals surface area contributed by atoms with Crippen molar-refractivity contribution in [3.05, 3.63) is 65.3 Å². The summed E-state index contributed by atoms with van der Waals surface area (Å²) in [7, 11) is 0. The van der Waals surface area contributed by atoms with Gasteiger partial charge in [0.05, 0.1) is 4.88 Å². The quantitative estimate of drug-likeness (QED) is 0.704. The lowest BCUT2D eigenvalue weighted by atomic mass is 10.2. The van der Waals surface area contributed by atoms with Crippen molar-refractivity contribution in [3.8, 4) is 0 Å². The number of fused-ring (bicyclic) bond motifs is 1. The number of anilines is 1. The van der Waals surface area contributed by atoms with Gasteiger partial charge in [-0.2, -0.15) is 0 Å². The van der Waals surface area contributed by atoms with E-state index in [1.807, 2.05) is 35.2 Å². The molecule has 0 bridgehead atoms. The summed E-state index contributed by atoms with van der Waals surface area (Å²) in [5.41, 5.74) is 1.00. The molecule has 0 atom stereocenters. The predicted molar refractivity (Wildman–Crippen MR) is 96.3 cm³/mol. The van der Waals surface area contributed by atoms with E-state index in [0.29, 0.717) is 13.1 Å². The Morgan fingerprint density at radius 1 is 0.958 bits per heavy atom. The minimum Gasteiger partial charge on any atom is -0.368 e. The number of benzene rings is 2. The molecule has 0 N–H and O–H groups in total. The van der Waals surface area contributed by atoms with Gasteiger partial charge in [0.25, 0.3) is 5.91 Å². The van der Waals surface area contributed by atoms with Gasteiger partial charge in [0.15, 0.2) is 0 Å². The first-order valence-corrected chi connectivity index (χ1v) is 8.81. The van der Waals surface area contributed by atoms with Gasteiger partial charge in [-0.05, 0) is 41.8 Å². The van der Waals surface area contributed by atoms with Crippen LogP contribution in [0.2, 0.25) is 0 Å². The number of amides is 1. The van der Waals surface area contributed by atoms with Gasteiger partial charge in [-0.3, -0.25) is 4.79 Å². The van der Waals surface area contributed by atoms with Crippen LogP contribution in [0.4, 0.5) is 10.1 Å². The van der Waals surface area contributed by atoms with Crippen LogP contribution >= 0.6 is 11.3 Å². The van der Waals surface area contributed by atoms with Crippen LogP contribution in [-0.4, -0.2) is 37.0 Å². The Hall–Kier alpha value is -2.40. The maximum absolute atomic E-state index is 13.0. The average molecular weight is 340 g/mol. The van der Waals surface area contributed by atoms with Crippen molar-refractivity contribution >= 4 is 33.0 Å². The van der Waals surface area contributed by atoms with E-state index in [1.54, 1.807) is 23.5 Å². The lowest BCUT2D eigenvalue weighted by molar-refractivity contribution is 0.0752. The lowest BCUT2D eigenvalue weighted by Crippen LogP contribution is -2.48. The highest BCUT2D eigenvalue weighted by molar-refractivity contribution is 7.20. The van der Waals surface area contributed by atoms with Gasteiger partial charge in [-0.15, -0.1) is 11.3 Å². The molecule has 0 aliphatic carbocycles. The van der Waals surface area contributed by atoms with Gasteiger partial charge < -0.3 is 9.80 Å². The summed E-state index contributed by atoms with van der Waals surface area (Å²) >= 11 is 1.55. The zero-order valence-corrected chi connectivity index (χ0v) is 13.9. The molecule has 0 saturated carbocycles. The largest absolute Gasteiger partial charge is 0.368 e. The van der Waals surface area contributed by atoms with Crippen molar-refractivity contribution in [1.82, 2.24) is 4.90 Å². The minimum absolute atomic E-state index is 0.106. The molecule has 2 heterocycles. The van der Waals surface area contributed by atoms with Crippen molar-refractivity contribution in [2.24, 2.45) is 0 Å². The van der Waals surface area contributed by atoms with E-state index in [2.05, 4.69) is 4.90 Å². The smallest absolute Gasteiger partial charge is 0.264 e. The molecule has 5 heteroatoms. The second kappa shape index (κ2) is 6.24. The zero-order chi connectivity index (χ0) is 16.5. The summed E-state index contributed by atoms with van der Waals surface area (Å²) in [6.45, 7) is 2.90. The molecule has 0 unspecified atom stereocenters. The van der Waals surface area contributed by atoms with E-state index in [1.165, 1.54) is 12.1 Å². The van der Waals surface area contributed by atoms with E-state index in [0.717, 1.165) is 33.7 Å². The average Bonchev–Trinajstić information content (AvgIpc) is 3.06. The monoisotopic (exact) mass is 340 g/mol. The van der Waals surface area contributed by atoms with E-state index in [-0.39, 0.29) is 11.7 Å². The number of carbonyl (C=O) groups excluding carboxylic acids is 1. The third-order valence-electron chi connectivity index (χ3n) is 4.39. The first-order valence-electron chi connectivity index (χ1n) is 7.99. The highest BCUT2D eigenvalue weighted by atomic mass is 32.1. The Morgan fingerprint density at radius 2 is 1.67 bits per heavy atom. The molecule has 3 aromatic rings. The fourth-order valence-corrected chi connectivity index (χ4v) is 4.09. The van der Waals surface area contributed by atoms with E-state index in [4.69, 9.17) is 0 Å². The second-order valence-corrected chi connectivity index (χ2v) is 6.99. The summed E-state index contributed by atoms with van der Waals surface area (Å²) < 4.78 is 14.2. The highest BCUT2D eigenvalue weighted by Crippen LogP contribution is 2.27. The van der Waals surface area contributed by atoms with Gasteiger partial charge in [0, 0.05) is 36.6 Å². The summed E-state index contributed by atoms with van der Waals surface area (Å²) in [6.07, 6.45) is 0. The SMILES string of the molecule is O=C(c1cc2ccccc2s1)N1CCN(c2ccc(F)cc2)CC1. The molecule has 1 aliphatic heterocycles.